The highest BCUT2D eigenvalue weighted by atomic mass is 16.5. The van der Waals surface area contributed by atoms with Gasteiger partial charge in [-0.15, -0.1) is 0 Å². The largest absolute Gasteiger partial charge is 0.467 e. The molecule has 0 bridgehead atoms. The molecule has 0 radical (unpaired) electrons. The van der Waals surface area contributed by atoms with Gasteiger partial charge in [0.25, 0.3) is 5.91 Å². The Balaban J connectivity index is 1.73. The number of ether oxygens (including phenoxy) is 1. The lowest BCUT2D eigenvalue weighted by atomic mass is 10.1. The summed E-state index contributed by atoms with van der Waals surface area (Å²) in [4.78, 5) is 14.0. The molecule has 0 saturated carbocycles. The molecule has 0 unspecified atom stereocenters. The zero-order valence-corrected chi connectivity index (χ0v) is 12.8. The maximum absolute atomic E-state index is 12.2. The van der Waals surface area contributed by atoms with Gasteiger partial charge in [-0.1, -0.05) is 18.2 Å². The molecular weight excluding hydrogens is 292 g/mol. The van der Waals surface area contributed by atoms with Crippen molar-refractivity contribution in [3.8, 4) is 17.6 Å². The molecule has 3 rings (SSSR count). The smallest absolute Gasteiger partial charge is 0.260 e. The average molecular weight is 310 g/mol. The number of hydrogen-bond acceptors (Lipinski definition) is 4. The first-order valence-corrected chi connectivity index (χ1v) is 7.74. The van der Waals surface area contributed by atoms with E-state index in [1.165, 1.54) is 6.42 Å². The van der Waals surface area contributed by atoms with Crippen LogP contribution in [0, 0.1) is 11.3 Å². The molecule has 0 N–H and O–H groups in total. The van der Waals surface area contributed by atoms with Crippen molar-refractivity contribution in [3.05, 3.63) is 42.1 Å². The van der Waals surface area contributed by atoms with Crippen LogP contribution >= 0.6 is 0 Å². The molecule has 6 heteroatoms. The highest BCUT2D eigenvalue weighted by Crippen LogP contribution is 2.19. The van der Waals surface area contributed by atoms with Gasteiger partial charge in [0, 0.05) is 19.2 Å². The monoisotopic (exact) mass is 310 g/mol. The zero-order valence-electron chi connectivity index (χ0n) is 12.8. The molecule has 1 aliphatic rings. The van der Waals surface area contributed by atoms with E-state index >= 15 is 0 Å². The minimum absolute atomic E-state index is 0.0241. The number of para-hydroxylation sites is 1. The Morgan fingerprint density at radius 2 is 1.96 bits per heavy atom. The molecule has 1 fully saturated rings. The summed E-state index contributed by atoms with van der Waals surface area (Å²) < 4.78 is 7.19. The van der Waals surface area contributed by atoms with Crippen molar-refractivity contribution in [2.24, 2.45) is 0 Å². The Kier molecular flexibility index (Phi) is 4.57. The van der Waals surface area contributed by atoms with Gasteiger partial charge < -0.3 is 9.64 Å². The topological polar surface area (TPSA) is 71.2 Å². The molecule has 23 heavy (non-hydrogen) atoms. The molecule has 1 aromatic carbocycles. The fraction of sp³-hybridized carbons (Fsp3) is 0.353. The van der Waals surface area contributed by atoms with E-state index < -0.39 is 0 Å². The van der Waals surface area contributed by atoms with E-state index in [2.05, 4.69) is 5.10 Å². The van der Waals surface area contributed by atoms with E-state index in [1.807, 2.05) is 41.3 Å². The zero-order chi connectivity index (χ0) is 16.1. The first kappa shape index (κ1) is 15.1. The number of carbonyl (C=O) groups excluding carboxylic acids is 1. The molecule has 1 aliphatic heterocycles. The van der Waals surface area contributed by atoms with Gasteiger partial charge in [0.2, 0.25) is 5.88 Å². The molecule has 2 aromatic rings. The van der Waals surface area contributed by atoms with E-state index in [4.69, 9.17) is 10.00 Å². The Morgan fingerprint density at radius 3 is 2.65 bits per heavy atom. The van der Waals surface area contributed by atoms with Crippen LogP contribution in [0.25, 0.3) is 5.69 Å². The normalized spacial score (nSPS) is 14.3. The summed E-state index contributed by atoms with van der Waals surface area (Å²) in [6.07, 6.45) is 3.27. The summed E-state index contributed by atoms with van der Waals surface area (Å²) in [5, 5.41) is 13.2. The number of amides is 1. The maximum atomic E-state index is 12.2. The maximum Gasteiger partial charge on any atom is 0.260 e. The third-order valence-electron chi connectivity index (χ3n) is 3.84. The lowest BCUT2D eigenvalue weighted by Crippen LogP contribution is -2.38. The summed E-state index contributed by atoms with van der Waals surface area (Å²) in [7, 11) is 0. The number of carbonyl (C=O) groups is 1. The minimum atomic E-state index is -0.0383. The molecule has 0 aliphatic carbocycles. The summed E-state index contributed by atoms with van der Waals surface area (Å²) in [6.45, 7) is 1.55. The van der Waals surface area contributed by atoms with Crippen molar-refractivity contribution in [2.75, 3.05) is 19.7 Å². The van der Waals surface area contributed by atoms with Crippen LogP contribution in [0.4, 0.5) is 0 Å². The van der Waals surface area contributed by atoms with Crippen molar-refractivity contribution in [3.63, 3.8) is 0 Å². The Labute approximate surface area is 134 Å². The number of likely N-dealkylation sites (tertiary alicyclic amines) is 1. The Morgan fingerprint density at radius 1 is 1.22 bits per heavy atom. The highest BCUT2D eigenvalue weighted by Gasteiger charge is 2.18. The van der Waals surface area contributed by atoms with Gasteiger partial charge in [0.15, 0.2) is 12.3 Å². The van der Waals surface area contributed by atoms with E-state index in [1.54, 1.807) is 10.7 Å². The summed E-state index contributed by atoms with van der Waals surface area (Å²) in [5.41, 5.74) is 1.05. The predicted octanol–water partition coefficient (Wildman–Crippen LogP) is 2.14. The van der Waals surface area contributed by atoms with Crippen LogP contribution in [-0.2, 0) is 4.79 Å². The second-order valence-corrected chi connectivity index (χ2v) is 5.46. The SMILES string of the molecule is N#Cc1cc(OCC(=O)N2CCCCC2)n(-c2ccccc2)n1. The van der Waals surface area contributed by atoms with Crippen molar-refractivity contribution >= 4 is 5.91 Å². The van der Waals surface area contributed by atoms with Crippen molar-refractivity contribution < 1.29 is 9.53 Å². The number of nitriles is 1. The highest BCUT2D eigenvalue weighted by molar-refractivity contribution is 5.77. The molecule has 6 nitrogen and oxygen atoms in total. The van der Waals surface area contributed by atoms with E-state index in [9.17, 15) is 4.79 Å². The predicted molar refractivity (Wildman–Crippen MR) is 84.2 cm³/mol. The Hall–Kier alpha value is -2.81. The van der Waals surface area contributed by atoms with Crippen LogP contribution in [0.15, 0.2) is 36.4 Å². The quantitative estimate of drug-likeness (QED) is 0.867. The van der Waals surface area contributed by atoms with Crippen LogP contribution in [-0.4, -0.2) is 40.3 Å². The lowest BCUT2D eigenvalue weighted by molar-refractivity contribution is -0.134. The number of hydrogen-bond donors (Lipinski definition) is 0. The number of benzene rings is 1. The molecular formula is C17H18N4O2. The third kappa shape index (κ3) is 3.51. The minimum Gasteiger partial charge on any atom is -0.467 e. The van der Waals surface area contributed by atoms with E-state index in [-0.39, 0.29) is 18.2 Å². The molecule has 118 valence electrons. The average Bonchev–Trinajstić information content (AvgIpc) is 3.04. The molecule has 1 amide bonds. The first-order valence-electron chi connectivity index (χ1n) is 7.74. The number of aromatic nitrogens is 2. The second-order valence-electron chi connectivity index (χ2n) is 5.46. The van der Waals surface area contributed by atoms with Crippen molar-refractivity contribution in [2.45, 2.75) is 19.3 Å². The summed E-state index contributed by atoms with van der Waals surface area (Å²) in [6, 6.07) is 13.0. The van der Waals surface area contributed by atoms with Crippen molar-refractivity contribution in [1.82, 2.24) is 14.7 Å². The molecule has 1 aromatic heterocycles. The van der Waals surface area contributed by atoms with Crippen LogP contribution in [0.1, 0.15) is 25.0 Å². The summed E-state index contributed by atoms with van der Waals surface area (Å²) >= 11 is 0. The Bertz CT molecular complexity index is 712. The second kappa shape index (κ2) is 6.97. The molecule has 2 heterocycles. The third-order valence-corrected chi connectivity index (χ3v) is 3.84. The fourth-order valence-electron chi connectivity index (χ4n) is 2.65. The van der Waals surface area contributed by atoms with Gasteiger partial charge in [-0.25, -0.2) is 0 Å². The molecule has 0 atom stereocenters. The van der Waals surface area contributed by atoms with Gasteiger partial charge in [-0.2, -0.15) is 15.0 Å². The van der Waals surface area contributed by atoms with Gasteiger partial charge in [0.1, 0.15) is 6.07 Å². The first-order chi connectivity index (χ1) is 11.3. The van der Waals surface area contributed by atoms with Crippen LogP contribution in [0.3, 0.4) is 0 Å². The van der Waals surface area contributed by atoms with Gasteiger partial charge in [0.05, 0.1) is 5.69 Å². The van der Waals surface area contributed by atoms with Crippen LogP contribution in [0.5, 0.6) is 5.88 Å². The lowest BCUT2D eigenvalue weighted by Gasteiger charge is -2.26. The molecule has 0 spiro atoms. The van der Waals surface area contributed by atoms with Crippen LogP contribution in [0.2, 0.25) is 0 Å². The van der Waals surface area contributed by atoms with E-state index in [0.717, 1.165) is 31.6 Å². The fourth-order valence-corrected chi connectivity index (χ4v) is 2.65. The van der Waals surface area contributed by atoms with Gasteiger partial charge in [-0.05, 0) is 31.4 Å². The number of piperidine rings is 1. The standard InChI is InChI=1S/C17H18N4O2/c18-12-14-11-17(21(19-14)15-7-3-1-4-8-15)23-13-16(22)20-9-5-2-6-10-20/h1,3-4,7-8,11H,2,5-6,9-10,13H2. The van der Waals surface area contributed by atoms with Gasteiger partial charge >= 0.3 is 0 Å². The van der Waals surface area contributed by atoms with Crippen molar-refractivity contribution in [1.29, 1.82) is 5.26 Å². The van der Waals surface area contributed by atoms with Crippen LogP contribution < -0.4 is 4.74 Å². The van der Waals surface area contributed by atoms with E-state index in [0.29, 0.717) is 5.88 Å². The number of nitrogens with zero attached hydrogens (tertiary/aromatic N) is 4. The number of rotatable bonds is 4. The van der Waals surface area contributed by atoms with Gasteiger partial charge in [-0.3, -0.25) is 4.79 Å². The molecule has 1 saturated heterocycles. The summed E-state index contributed by atoms with van der Waals surface area (Å²) in [5.74, 6) is 0.377.